The van der Waals surface area contributed by atoms with Gasteiger partial charge in [0.05, 0.1) is 28.7 Å². The first-order chi connectivity index (χ1) is 32.3. The van der Waals surface area contributed by atoms with E-state index in [1.54, 1.807) is 11.5 Å². The number of rotatable bonds is 7. The molecule has 4 saturated heterocycles. The summed E-state index contributed by atoms with van der Waals surface area (Å²) in [6.45, 7) is 1.99. The van der Waals surface area contributed by atoms with Crippen LogP contribution >= 0.6 is 0 Å². The van der Waals surface area contributed by atoms with Crippen LogP contribution in [0.2, 0.25) is 0 Å². The Labute approximate surface area is 422 Å². The van der Waals surface area contributed by atoms with Crippen LogP contribution in [-0.4, -0.2) is 94.3 Å². The van der Waals surface area contributed by atoms with Gasteiger partial charge in [-0.2, -0.15) is 0 Å². The SMILES string of the molecule is CCOC(=O)c1nc2ccccc2n(C2C[C@H]3CCC[C@@H](C2)N3C2C3CCCC2CCC3)c1=O.O=C(O)c1nc2ccccc2n(C2C[C@H]3CCC[C@@H](C2)N3C2C3CCCC2CCC3)c1=O.[Na+].[OH-]. The summed E-state index contributed by atoms with van der Waals surface area (Å²) in [6.07, 6.45) is 28.0. The van der Waals surface area contributed by atoms with E-state index in [-0.39, 0.29) is 70.7 Å². The van der Waals surface area contributed by atoms with Crippen molar-refractivity contribution in [3.63, 3.8) is 0 Å². The van der Waals surface area contributed by atoms with Crippen molar-refractivity contribution in [3.8, 4) is 0 Å². The first-order valence-electron chi connectivity index (χ1n) is 26.2. The topological polar surface area (TPSA) is 170 Å². The van der Waals surface area contributed by atoms with Crippen LogP contribution in [0.5, 0.6) is 0 Å². The number of aromatic nitrogens is 4. The minimum absolute atomic E-state index is 0. The molecule has 13 nitrogen and oxygen atoms in total. The summed E-state index contributed by atoms with van der Waals surface area (Å²) in [7, 11) is 0. The van der Waals surface area contributed by atoms with Crippen molar-refractivity contribution >= 4 is 34.0 Å². The van der Waals surface area contributed by atoms with Crippen molar-refractivity contribution < 1.29 is 54.5 Å². The predicted octanol–water partition coefficient (Wildman–Crippen LogP) is 6.55. The van der Waals surface area contributed by atoms with Gasteiger partial charge in [-0.15, -0.1) is 0 Å². The molecule has 6 heterocycles. The van der Waals surface area contributed by atoms with Crippen molar-refractivity contribution in [1.82, 2.24) is 28.9 Å². The molecule has 0 spiro atoms. The third-order valence-corrected chi connectivity index (χ3v) is 18.2. The van der Waals surface area contributed by atoms with Gasteiger partial charge in [0.25, 0.3) is 11.1 Å². The number of carboxylic acid groups (broad SMARTS) is 1. The van der Waals surface area contributed by atoms with Crippen molar-refractivity contribution in [2.24, 2.45) is 23.7 Å². The summed E-state index contributed by atoms with van der Waals surface area (Å²) in [4.78, 5) is 65.8. The number of aromatic carboxylic acids is 1. The van der Waals surface area contributed by atoms with E-state index < -0.39 is 17.5 Å². The largest absolute Gasteiger partial charge is 1.00 e. The fourth-order valence-corrected chi connectivity index (χ4v) is 15.9. The monoisotopic (exact) mass is 939 g/mol. The Morgan fingerprint density at radius 2 is 0.882 bits per heavy atom. The van der Waals surface area contributed by atoms with Gasteiger partial charge in [0, 0.05) is 48.3 Å². The molecule has 0 amide bonds. The van der Waals surface area contributed by atoms with Gasteiger partial charge in [0.2, 0.25) is 11.4 Å². The fourth-order valence-electron chi connectivity index (χ4n) is 15.9. The van der Waals surface area contributed by atoms with Gasteiger partial charge in [-0.3, -0.25) is 19.4 Å². The normalized spacial score (nSPS) is 33.2. The van der Waals surface area contributed by atoms with Crippen LogP contribution in [0.25, 0.3) is 22.1 Å². The zero-order valence-electron chi connectivity index (χ0n) is 40.4. The number of carbonyl (C=O) groups excluding carboxylic acids is 1. The molecule has 68 heavy (non-hydrogen) atoms. The van der Waals surface area contributed by atoms with E-state index in [0.717, 1.165) is 72.5 Å². The van der Waals surface area contributed by atoms with Gasteiger partial charge < -0.3 is 24.5 Å². The summed E-state index contributed by atoms with van der Waals surface area (Å²) in [5.41, 5.74) is 1.75. The Morgan fingerprint density at radius 3 is 1.25 bits per heavy atom. The minimum atomic E-state index is -1.23. The first-order valence-corrected chi connectivity index (χ1v) is 26.2. The number of hydrogen-bond acceptors (Lipinski definition) is 10. The van der Waals surface area contributed by atoms with Gasteiger partial charge >= 0.3 is 41.5 Å². The van der Waals surface area contributed by atoms with E-state index in [1.165, 1.54) is 116 Å². The molecule has 4 aliphatic carbocycles. The van der Waals surface area contributed by atoms with E-state index in [9.17, 15) is 24.3 Å². The number of piperidine rings is 4. The van der Waals surface area contributed by atoms with Gasteiger partial charge in [-0.1, -0.05) is 62.8 Å². The molecule has 8 fully saturated rings. The molecule has 2 N–H and O–H groups in total. The van der Waals surface area contributed by atoms with Gasteiger partial charge in [0.1, 0.15) is 0 Å². The molecular weight excluding hydrogens is 868 g/mol. The number of ether oxygens (including phenoxy) is 1. The summed E-state index contributed by atoms with van der Waals surface area (Å²) < 4.78 is 8.88. The molecule has 4 aromatic rings. The van der Waals surface area contributed by atoms with Crippen LogP contribution in [0, 0.1) is 23.7 Å². The quantitative estimate of drug-likeness (QED) is 0.158. The minimum Gasteiger partial charge on any atom is -0.870 e. The third-order valence-electron chi connectivity index (χ3n) is 18.2. The molecule has 2 aromatic heterocycles. The number of esters is 1. The predicted molar refractivity (Wildman–Crippen MR) is 257 cm³/mol. The maximum atomic E-state index is 13.6. The number of fused-ring (bicyclic) bond motifs is 12. The van der Waals surface area contributed by atoms with Crippen molar-refractivity contribution in [2.75, 3.05) is 6.61 Å². The maximum Gasteiger partial charge on any atom is 1.00 e. The molecule has 2 unspecified atom stereocenters. The zero-order valence-corrected chi connectivity index (χ0v) is 42.4. The number of benzene rings is 2. The second-order valence-electron chi connectivity index (χ2n) is 21.6. The molecule has 2 aromatic carbocycles. The molecule has 0 radical (unpaired) electrons. The Bertz CT molecular complexity index is 2510. The van der Waals surface area contributed by atoms with Crippen LogP contribution in [0.1, 0.15) is 181 Å². The smallest absolute Gasteiger partial charge is 0.870 e. The van der Waals surface area contributed by atoms with E-state index in [4.69, 9.17) is 4.74 Å². The Balaban J connectivity index is 0.000000165. The van der Waals surface area contributed by atoms with E-state index in [1.807, 2.05) is 53.1 Å². The Morgan fingerprint density at radius 1 is 0.544 bits per heavy atom. The molecule has 4 saturated carbocycles. The molecule has 12 rings (SSSR count). The summed E-state index contributed by atoms with van der Waals surface area (Å²) in [5, 5.41) is 9.63. The van der Waals surface area contributed by atoms with Gasteiger partial charge in [-0.05, 0) is 158 Å². The second kappa shape index (κ2) is 21.1. The summed E-state index contributed by atoms with van der Waals surface area (Å²) >= 11 is 0. The number of carboxylic acids is 1. The van der Waals surface area contributed by atoms with Crippen molar-refractivity contribution in [3.05, 3.63) is 80.6 Å². The van der Waals surface area contributed by atoms with E-state index in [0.29, 0.717) is 35.2 Å². The van der Waals surface area contributed by atoms with Crippen LogP contribution < -0.4 is 40.7 Å². The Hall–Kier alpha value is -3.46. The zero-order chi connectivity index (χ0) is 45.1. The maximum absolute atomic E-state index is 13.6. The van der Waals surface area contributed by atoms with Crippen LogP contribution in [-0.2, 0) is 4.74 Å². The van der Waals surface area contributed by atoms with Crippen molar-refractivity contribution in [1.29, 1.82) is 0 Å². The molecule has 8 bridgehead atoms. The van der Waals surface area contributed by atoms with Crippen LogP contribution in [0.3, 0.4) is 0 Å². The number of carbonyl (C=O) groups is 2. The number of para-hydroxylation sites is 4. The average molecular weight is 939 g/mol. The average Bonchev–Trinajstić information content (AvgIpc) is 3.30. The van der Waals surface area contributed by atoms with Crippen LogP contribution in [0.15, 0.2) is 58.1 Å². The molecule has 8 aliphatic rings. The summed E-state index contributed by atoms with van der Waals surface area (Å²) in [6, 6.07) is 19.0. The Kier molecular flexibility index (Phi) is 15.4. The fraction of sp³-hybridized carbons (Fsp3) is 0.667. The van der Waals surface area contributed by atoms with Gasteiger partial charge in [-0.25, -0.2) is 19.6 Å². The molecule has 6 atom stereocenters. The van der Waals surface area contributed by atoms with E-state index >= 15 is 0 Å². The van der Waals surface area contributed by atoms with E-state index in [2.05, 4.69) is 19.8 Å². The molecule has 4 aliphatic heterocycles. The van der Waals surface area contributed by atoms with Crippen molar-refractivity contribution in [2.45, 2.75) is 197 Å². The molecular formula is C54H71N6NaO7. The molecule has 14 heteroatoms. The molecule has 360 valence electrons. The summed E-state index contributed by atoms with van der Waals surface area (Å²) in [5.74, 6) is 1.59. The first kappa shape index (κ1) is 49.5. The standard InChI is InChI=1S/C28H37N3O3.C26H33N3O3.Na.H2O/c1-2-34-28(33)25-27(32)31(24-15-4-3-14-23(24)29-25)22-16-20-12-7-13-21(17-22)30(20)26-18-8-5-9-19(26)11-6-10-18;30-25-23(26(31)32)27-21-12-1-2-13-22(21)29(25)20-14-18-10-5-11-19(15-20)28(18)24-16-6-3-7-17(24)9-4-8-16;;/h3-4,14-15,18-22,26H,2,5-13,16-17H2,1H3;1-2,12-13,16-20,24H,3-11,14-15H2,(H,31,32);;1H2/q;;+1;/p-1/t18?,19?,20-,21+,22?,26?;16?,17?,18-,19+,20?,24?;;. The second-order valence-corrected chi connectivity index (χ2v) is 21.6. The number of nitrogens with zero attached hydrogens (tertiary/aromatic N) is 6. The number of hydrogen-bond donors (Lipinski definition) is 1. The van der Waals surface area contributed by atoms with Gasteiger partial charge in [0.15, 0.2) is 0 Å². The third kappa shape index (κ3) is 9.08. The van der Waals surface area contributed by atoms with Crippen LogP contribution in [0.4, 0.5) is 0 Å².